The Labute approximate surface area is 239 Å². The van der Waals surface area contributed by atoms with Gasteiger partial charge in [-0.1, -0.05) is 45.0 Å². The van der Waals surface area contributed by atoms with Gasteiger partial charge in [0.05, 0.1) is 28.3 Å². The molecule has 4 rings (SSSR count). The number of thiazole rings is 1. The summed E-state index contributed by atoms with van der Waals surface area (Å²) in [6.07, 6.45) is 1.03. The van der Waals surface area contributed by atoms with Gasteiger partial charge in [0, 0.05) is 19.5 Å². The molecule has 40 heavy (non-hydrogen) atoms. The number of amides is 3. The first-order valence-electron chi connectivity index (χ1n) is 13.9. The molecule has 2 aromatic rings. The first kappa shape index (κ1) is 30.1. The molecule has 0 spiro atoms. The van der Waals surface area contributed by atoms with E-state index in [2.05, 4.69) is 20.9 Å². The maximum absolute atomic E-state index is 13.7. The number of aliphatic hydroxyl groups excluding tert-OH is 1. The number of ether oxygens (including phenoxy) is 1. The Hall–Kier alpha value is -2.86. The maximum Gasteiger partial charge on any atom is 0.246 e. The molecule has 2 aliphatic heterocycles. The molecule has 2 fully saturated rings. The van der Waals surface area contributed by atoms with Crippen LogP contribution in [0.5, 0.6) is 0 Å². The van der Waals surface area contributed by atoms with E-state index in [4.69, 9.17) is 4.74 Å². The van der Waals surface area contributed by atoms with E-state index in [0.29, 0.717) is 6.54 Å². The highest BCUT2D eigenvalue weighted by Gasteiger charge is 2.44. The highest BCUT2D eigenvalue weighted by atomic mass is 32.1. The van der Waals surface area contributed by atoms with Crippen molar-refractivity contribution < 1.29 is 24.2 Å². The summed E-state index contributed by atoms with van der Waals surface area (Å²) in [7, 11) is 0. The van der Waals surface area contributed by atoms with Gasteiger partial charge in [0.25, 0.3) is 0 Å². The van der Waals surface area contributed by atoms with Crippen LogP contribution in [0, 0.1) is 12.3 Å². The van der Waals surface area contributed by atoms with Crippen molar-refractivity contribution >= 4 is 29.1 Å². The summed E-state index contributed by atoms with van der Waals surface area (Å²) in [5, 5.41) is 19.4. The largest absolute Gasteiger partial charge is 0.391 e. The van der Waals surface area contributed by atoms with E-state index >= 15 is 0 Å². The molecule has 1 aromatic carbocycles. The molecule has 2 aliphatic rings. The first-order valence-corrected chi connectivity index (χ1v) is 14.8. The van der Waals surface area contributed by atoms with Crippen LogP contribution in [0.1, 0.15) is 51.3 Å². The minimum atomic E-state index is -0.875. The molecule has 3 heterocycles. The number of hydrogen-bond acceptors (Lipinski definition) is 8. The maximum atomic E-state index is 13.7. The standard InChI is InChI=1S/C29H41N5O5S/c1-18-25(40-17-32-18)20-7-5-19(6-8-20)14-31-27(37)23-13-21(35)15-34(23)28(38)26(29(2,3)4)33-24(36)16-39-22-9-11-30-12-10-22/h5-8,17,21-23,26,30,35H,9-16H2,1-4H3,(H,31,37)(H,33,36)/t21-,23+,26-/m1/s1. The molecule has 0 radical (unpaired) electrons. The third-order valence-corrected chi connectivity index (χ3v) is 8.43. The van der Waals surface area contributed by atoms with Gasteiger partial charge in [-0.15, -0.1) is 11.3 Å². The topological polar surface area (TPSA) is 133 Å². The zero-order valence-corrected chi connectivity index (χ0v) is 24.6. The number of carbonyl (C=O) groups is 3. The highest BCUT2D eigenvalue weighted by molar-refractivity contribution is 7.13. The van der Waals surface area contributed by atoms with E-state index in [1.165, 1.54) is 4.90 Å². The third-order valence-electron chi connectivity index (χ3n) is 7.45. The van der Waals surface area contributed by atoms with Gasteiger partial charge in [-0.3, -0.25) is 14.4 Å². The van der Waals surface area contributed by atoms with Crippen molar-refractivity contribution in [3.8, 4) is 10.4 Å². The van der Waals surface area contributed by atoms with Crippen molar-refractivity contribution in [3.63, 3.8) is 0 Å². The molecular formula is C29H41N5O5S. The van der Waals surface area contributed by atoms with Gasteiger partial charge >= 0.3 is 0 Å². The van der Waals surface area contributed by atoms with Crippen molar-refractivity contribution in [2.75, 3.05) is 26.2 Å². The number of nitrogens with zero attached hydrogens (tertiary/aromatic N) is 2. The lowest BCUT2D eigenvalue weighted by molar-refractivity contribution is -0.145. The van der Waals surface area contributed by atoms with Crippen LogP contribution in [0.15, 0.2) is 29.8 Å². The number of rotatable bonds is 9. The molecule has 0 unspecified atom stereocenters. The average molecular weight is 572 g/mol. The van der Waals surface area contributed by atoms with Crippen molar-refractivity contribution in [2.45, 2.75) is 77.8 Å². The minimum Gasteiger partial charge on any atom is -0.391 e. The van der Waals surface area contributed by atoms with E-state index in [0.717, 1.165) is 47.6 Å². The van der Waals surface area contributed by atoms with Gasteiger partial charge in [-0.25, -0.2) is 4.98 Å². The van der Waals surface area contributed by atoms with Crippen molar-refractivity contribution in [1.29, 1.82) is 0 Å². The molecule has 1 aromatic heterocycles. The predicted octanol–water partition coefficient (Wildman–Crippen LogP) is 2.00. The SMILES string of the molecule is Cc1ncsc1-c1ccc(CNC(=O)[C@@H]2C[C@@H](O)CN2C(=O)[C@@H](NC(=O)COC2CCNCC2)C(C)(C)C)cc1. The number of nitrogens with one attached hydrogen (secondary N) is 3. The van der Waals surface area contributed by atoms with Gasteiger partial charge in [0.2, 0.25) is 17.7 Å². The lowest BCUT2D eigenvalue weighted by Crippen LogP contribution is -2.58. The second-order valence-electron chi connectivity index (χ2n) is 11.7. The number of hydrogen-bond donors (Lipinski definition) is 4. The molecule has 0 saturated carbocycles. The predicted molar refractivity (Wildman–Crippen MR) is 153 cm³/mol. The first-order chi connectivity index (χ1) is 19.0. The van der Waals surface area contributed by atoms with Gasteiger partial charge in [-0.05, 0) is 49.4 Å². The fraction of sp³-hybridized carbons (Fsp3) is 0.586. The second-order valence-corrected chi connectivity index (χ2v) is 12.6. The molecule has 218 valence electrons. The number of β-amino-alcohol motifs (C(OH)–C–C–N with tert-alkyl or cyclic N) is 1. The quantitative estimate of drug-likeness (QED) is 0.362. The van der Waals surface area contributed by atoms with Crippen LogP contribution in [0.25, 0.3) is 10.4 Å². The molecule has 0 aliphatic carbocycles. The van der Waals surface area contributed by atoms with Crippen LogP contribution in [-0.4, -0.2) is 83.2 Å². The molecule has 4 N–H and O–H groups in total. The summed E-state index contributed by atoms with van der Waals surface area (Å²) in [5.74, 6) is -1.09. The number of aryl methyl sites for hydroxylation is 1. The monoisotopic (exact) mass is 571 g/mol. The Balaban J connectivity index is 1.36. The van der Waals surface area contributed by atoms with Crippen LogP contribution in [0.2, 0.25) is 0 Å². The lowest BCUT2D eigenvalue weighted by atomic mass is 9.85. The Bertz CT molecular complexity index is 1170. The molecule has 11 heteroatoms. The van der Waals surface area contributed by atoms with E-state index in [1.54, 1.807) is 11.3 Å². The summed E-state index contributed by atoms with van der Waals surface area (Å²) in [6.45, 7) is 9.48. The number of piperidine rings is 1. The van der Waals surface area contributed by atoms with Gasteiger partial charge in [-0.2, -0.15) is 0 Å². The number of aliphatic hydroxyl groups is 1. The summed E-state index contributed by atoms with van der Waals surface area (Å²) in [6, 6.07) is 6.22. The average Bonchev–Trinajstić information content (AvgIpc) is 3.54. The van der Waals surface area contributed by atoms with E-state index in [9.17, 15) is 19.5 Å². The summed E-state index contributed by atoms with van der Waals surface area (Å²) >= 11 is 1.59. The lowest BCUT2D eigenvalue weighted by Gasteiger charge is -2.35. The summed E-state index contributed by atoms with van der Waals surface area (Å²) in [4.78, 5) is 46.5. The normalized spacial score (nSPS) is 20.8. The fourth-order valence-corrected chi connectivity index (χ4v) is 5.95. The van der Waals surface area contributed by atoms with Crippen LogP contribution >= 0.6 is 11.3 Å². The summed E-state index contributed by atoms with van der Waals surface area (Å²) in [5.41, 5.74) is 4.18. The second kappa shape index (κ2) is 13.2. The molecule has 2 saturated heterocycles. The number of aromatic nitrogens is 1. The number of benzene rings is 1. The van der Waals surface area contributed by atoms with Gasteiger partial charge in [0.1, 0.15) is 18.7 Å². The van der Waals surface area contributed by atoms with Gasteiger partial charge < -0.3 is 30.7 Å². The molecule has 10 nitrogen and oxygen atoms in total. The van der Waals surface area contributed by atoms with E-state index in [-0.39, 0.29) is 43.4 Å². The zero-order valence-electron chi connectivity index (χ0n) is 23.7. The number of likely N-dealkylation sites (tertiary alicyclic amines) is 1. The molecule has 3 atom stereocenters. The van der Waals surface area contributed by atoms with Gasteiger partial charge in [0.15, 0.2) is 0 Å². The van der Waals surface area contributed by atoms with Crippen molar-refractivity contribution in [1.82, 2.24) is 25.8 Å². The Morgan fingerprint density at radius 2 is 1.90 bits per heavy atom. The van der Waals surface area contributed by atoms with Crippen LogP contribution in [0.4, 0.5) is 0 Å². The number of carbonyl (C=O) groups excluding carboxylic acids is 3. The Morgan fingerprint density at radius 1 is 1.20 bits per heavy atom. The molecular weight excluding hydrogens is 530 g/mol. The minimum absolute atomic E-state index is 0.0191. The van der Waals surface area contributed by atoms with E-state index in [1.807, 2.05) is 57.5 Å². The Morgan fingerprint density at radius 3 is 2.52 bits per heavy atom. The summed E-state index contributed by atoms with van der Waals surface area (Å²) < 4.78 is 5.76. The van der Waals surface area contributed by atoms with Crippen LogP contribution in [0.3, 0.4) is 0 Å². The smallest absolute Gasteiger partial charge is 0.246 e. The third kappa shape index (κ3) is 7.66. The van der Waals surface area contributed by atoms with Crippen molar-refractivity contribution in [2.24, 2.45) is 5.41 Å². The molecule has 0 bridgehead atoms. The van der Waals surface area contributed by atoms with Crippen LogP contribution < -0.4 is 16.0 Å². The van der Waals surface area contributed by atoms with E-state index < -0.39 is 23.6 Å². The Kier molecular flexibility index (Phi) is 9.94. The van der Waals surface area contributed by atoms with Crippen LogP contribution in [-0.2, 0) is 25.7 Å². The van der Waals surface area contributed by atoms with Crippen molar-refractivity contribution in [3.05, 3.63) is 41.0 Å². The molecule has 3 amide bonds. The zero-order chi connectivity index (χ0) is 28.9. The highest BCUT2D eigenvalue weighted by Crippen LogP contribution is 2.28. The fourth-order valence-electron chi connectivity index (χ4n) is 5.14.